The van der Waals surface area contributed by atoms with Crippen molar-refractivity contribution in [3.05, 3.63) is 23.5 Å². The molecule has 1 saturated heterocycles. The van der Waals surface area contributed by atoms with Crippen molar-refractivity contribution in [2.45, 2.75) is 33.4 Å². The molecule has 0 radical (unpaired) electrons. The van der Waals surface area contributed by atoms with Crippen LogP contribution in [0, 0.1) is 6.92 Å². The molecule has 2 amide bonds. The summed E-state index contributed by atoms with van der Waals surface area (Å²) in [5.74, 6) is -0.677. The van der Waals surface area contributed by atoms with E-state index in [-0.39, 0.29) is 11.6 Å². The number of carbonyl (C=O) groups is 2. The van der Waals surface area contributed by atoms with Gasteiger partial charge in [0.25, 0.3) is 5.91 Å². The van der Waals surface area contributed by atoms with Gasteiger partial charge in [0, 0.05) is 25.3 Å². The maximum atomic E-state index is 13.1. The van der Waals surface area contributed by atoms with E-state index in [0.29, 0.717) is 29.9 Å². The lowest BCUT2D eigenvalue weighted by atomic mass is 10.1. The number of aryl methyl sites for hydroxylation is 1. The molecule has 1 unspecified atom stereocenters. The molecule has 1 aliphatic heterocycles. The molecule has 0 saturated carbocycles. The topological polar surface area (TPSA) is 45.5 Å². The Labute approximate surface area is 122 Å². The SMILES string of the molecule is CCN1CCN(C(=O)c2ccc(C)n2C(F)F)C(C)C1=O. The third-order valence-electron chi connectivity index (χ3n) is 3.93. The van der Waals surface area contributed by atoms with Crippen molar-refractivity contribution in [3.8, 4) is 0 Å². The molecule has 1 atom stereocenters. The summed E-state index contributed by atoms with van der Waals surface area (Å²) in [4.78, 5) is 27.6. The van der Waals surface area contributed by atoms with E-state index in [1.165, 1.54) is 24.0 Å². The number of likely N-dealkylation sites (N-methyl/N-ethyl adjacent to an activating group) is 1. The maximum Gasteiger partial charge on any atom is 0.319 e. The summed E-state index contributed by atoms with van der Waals surface area (Å²) in [6, 6.07) is 2.23. The number of aromatic nitrogens is 1. The molecule has 5 nitrogen and oxygen atoms in total. The first-order valence-corrected chi connectivity index (χ1v) is 6.94. The molecule has 116 valence electrons. The average Bonchev–Trinajstić information content (AvgIpc) is 2.83. The minimum Gasteiger partial charge on any atom is -0.339 e. The molecule has 21 heavy (non-hydrogen) atoms. The molecule has 2 heterocycles. The predicted octanol–water partition coefficient (Wildman–Crippen LogP) is 1.88. The number of amides is 2. The van der Waals surface area contributed by atoms with Crippen molar-refractivity contribution in [2.75, 3.05) is 19.6 Å². The van der Waals surface area contributed by atoms with Gasteiger partial charge in [0.1, 0.15) is 11.7 Å². The fraction of sp³-hybridized carbons (Fsp3) is 0.571. The zero-order valence-electron chi connectivity index (χ0n) is 12.3. The van der Waals surface area contributed by atoms with Crippen LogP contribution in [0.25, 0.3) is 0 Å². The average molecular weight is 299 g/mol. The Morgan fingerprint density at radius 3 is 2.62 bits per heavy atom. The van der Waals surface area contributed by atoms with Crippen LogP contribution in [0.4, 0.5) is 8.78 Å². The number of piperazine rings is 1. The highest BCUT2D eigenvalue weighted by atomic mass is 19.3. The van der Waals surface area contributed by atoms with Crippen molar-refractivity contribution >= 4 is 11.8 Å². The van der Waals surface area contributed by atoms with Gasteiger partial charge < -0.3 is 9.80 Å². The van der Waals surface area contributed by atoms with Crippen molar-refractivity contribution in [1.29, 1.82) is 0 Å². The first-order chi connectivity index (χ1) is 9.88. The van der Waals surface area contributed by atoms with Crippen molar-refractivity contribution < 1.29 is 18.4 Å². The highest BCUT2D eigenvalue weighted by Crippen LogP contribution is 2.22. The molecule has 2 rings (SSSR count). The summed E-state index contributed by atoms with van der Waals surface area (Å²) in [6.07, 6.45) is 0. The molecule has 1 aliphatic rings. The molecular formula is C14H19F2N3O2. The fourth-order valence-corrected chi connectivity index (χ4v) is 2.65. The number of alkyl halides is 2. The second-order valence-electron chi connectivity index (χ2n) is 5.10. The Morgan fingerprint density at radius 1 is 1.38 bits per heavy atom. The summed E-state index contributed by atoms with van der Waals surface area (Å²) >= 11 is 0. The van der Waals surface area contributed by atoms with Gasteiger partial charge in [0.15, 0.2) is 0 Å². The number of rotatable bonds is 3. The maximum absolute atomic E-state index is 13.1. The highest BCUT2D eigenvalue weighted by molar-refractivity contribution is 5.97. The lowest BCUT2D eigenvalue weighted by molar-refractivity contribution is -0.139. The molecule has 1 aromatic rings. The summed E-state index contributed by atoms with van der Waals surface area (Å²) in [5, 5.41) is 0. The summed E-state index contributed by atoms with van der Waals surface area (Å²) in [7, 11) is 0. The standard InChI is InChI=1S/C14H19F2N3O2/c1-4-17-7-8-18(10(3)12(17)20)13(21)11-6-5-9(2)19(11)14(15)16/h5-6,10,14H,4,7-8H2,1-3H3. The van der Waals surface area contributed by atoms with E-state index in [2.05, 4.69) is 0 Å². The van der Waals surface area contributed by atoms with Crippen LogP contribution in [-0.4, -0.2) is 51.9 Å². The van der Waals surface area contributed by atoms with E-state index in [9.17, 15) is 18.4 Å². The lowest BCUT2D eigenvalue weighted by Gasteiger charge is -2.38. The van der Waals surface area contributed by atoms with Gasteiger partial charge >= 0.3 is 6.55 Å². The molecule has 1 aromatic heterocycles. The van der Waals surface area contributed by atoms with Gasteiger partial charge in [-0.3, -0.25) is 14.2 Å². The van der Waals surface area contributed by atoms with Crippen LogP contribution in [-0.2, 0) is 4.79 Å². The van der Waals surface area contributed by atoms with Gasteiger partial charge in [0.05, 0.1) is 0 Å². The first-order valence-electron chi connectivity index (χ1n) is 6.94. The molecular weight excluding hydrogens is 280 g/mol. The molecule has 0 aliphatic carbocycles. The quantitative estimate of drug-likeness (QED) is 0.855. The number of nitrogens with zero attached hydrogens (tertiary/aromatic N) is 3. The largest absolute Gasteiger partial charge is 0.339 e. The second kappa shape index (κ2) is 5.83. The van der Waals surface area contributed by atoms with Gasteiger partial charge in [-0.2, -0.15) is 8.78 Å². The number of hydrogen-bond donors (Lipinski definition) is 0. The third-order valence-corrected chi connectivity index (χ3v) is 3.93. The van der Waals surface area contributed by atoms with E-state index in [1.54, 1.807) is 11.8 Å². The summed E-state index contributed by atoms with van der Waals surface area (Å²) in [5.41, 5.74) is 0.242. The lowest BCUT2D eigenvalue weighted by Crippen LogP contribution is -2.57. The Kier molecular flexibility index (Phi) is 4.29. The zero-order valence-corrected chi connectivity index (χ0v) is 12.3. The smallest absolute Gasteiger partial charge is 0.319 e. The zero-order chi connectivity index (χ0) is 15.7. The van der Waals surface area contributed by atoms with Gasteiger partial charge in [-0.1, -0.05) is 0 Å². The van der Waals surface area contributed by atoms with Gasteiger partial charge in [0.2, 0.25) is 5.91 Å². The van der Waals surface area contributed by atoms with Crippen molar-refractivity contribution in [2.24, 2.45) is 0 Å². The first kappa shape index (κ1) is 15.5. The van der Waals surface area contributed by atoms with Crippen LogP contribution >= 0.6 is 0 Å². The number of hydrogen-bond acceptors (Lipinski definition) is 2. The monoisotopic (exact) mass is 299 g/mol. The third kappa shape index (κ3) is 2.64. The molecule has 0 bridgehead atoms. The van der Waals surface area contributed by atoms with E-state index < -0.39 is 18.5 Å². The van der Waals surface area contributed by atoms with Gasteiger partial charge in [-0.25, -0.2) is 0 Å². The van der Waals surface area contributed by atoms with Crippen LogP contribution in [0.5, 0.6) is 0 Å². The van der Waals surface area contributed by atoms with Crippen LogP contribution in [0.2, 0.25) is 0 Å². The van der Waals surface area contributed by atoms with Crippen LogP contribution < -0.4 is 0 Å². The summed E-state index contributed by atoms with van der Waals surface area (Å²) < 4.78 is 26.8. The van der Waals surface area contributed by atoms with E-state index in [4.69, 9.17) is 0 Å². The predicted molar refractivity (Wildman–Crippen MR) is 73.2 cm³/mol. The van der Waals surface area contributed by atoms with Crippen molar-refractivity contribution in [3.63, 3.8) is 0 Å². The molecule has 0 N–H and O–H groups in total. The Morgan fingerprint density at radius 2 is 2.05 bits per heavy atom. The number of carbonyl (C=O) groups excluding carboxylic acids is 2. The minimum atomic E-state index is -2.78. The minimum absolute atomic E-state index is 0.0768. The van der Waals surface area contributed by atoms with E-state index in [0.717, 1.165) is 0 Å². The van der Waals surface area contributed by atoms with Gasteiger partial charge in [-0.05, 0) is 32.9 Å². The molecule has 1 fully saturated rings. The van der Waals surface area contributed by atoms with E-state index >= 15 is 0 Å². The fourth-order valence-electron chi connectivity index (χ4n) is 2.65. The summed E-state index contributed by atoms with van der Waals surface area (Å²) in [6.45, 7) is 3.61. The van der Waals surface area contributed by atoms with Crippen molar-refractivity contribution in [1.82, 2.24) is 14.4 Å². The van der Waals surface area contributed by atoms with E-state index in [1.807, 2.05) is 6.92 Å². The van der Waals surface area contributed by atoms with Crippen LogP contribution in [0.3, 0.4) is 0 Å². The Hall–Kier alpha value is -1.92. The molecule has 0 spiro atoms. The number of halogens is 2. The van der Waals surface area contributed by atoms with Crippen LogP contribution in [0.1, 0.15) is 36.6 Å². The molecule has 0 aromatic carbocycles. The Bertz CT molecular complexity index is 556. The highest BCUT2D eigenvalue weighted by Gasteiger charge is 2.35. The molecule has 7 heteroatoms. The van der Waals surface area contributed by atoms with Crippen LogP contribution in [0.15, 0.2) is 12.1 Å². The normalized spacial score (nSPS) is 19.5. The van der Waals surface area contributed by atoms with Gasteiger partial charge in [-0.15, -0.1) is 0 Å². The Balaban J connectivity index is 2.27. The second-order valence-corrected chi connectivity index (χ2v) is 5.10.